The van der Waals surface area contributed by atoms with E-state index in [4.69, 9.17) is 17.4 Å². The third-order valence-electron chi connectivity index (χ3n) is 2.93. The van der Waals surface area contributed by atoms with Gasteiger partial charge in [0.15, 0.2) is 5.82 Å². The quantitative estimate of drug-likeness (QED) is 0.530. The van der Waals surface area contributed by atoms with E-state index in [9.17, 15) is 0 Å². The molecule has 0 aliphatic carbocycles. The maximum atomic E-state index is 5.89. The Hall–Kier alpha value is -1.88. The molecule has 0 aliphatic heterocycles. The Kier molecular flexibility index (Phi) is 4.09. The first-order valence-electron chi connectivity index (χ1n) is 6.34. The summed E-state index contributed by atoms with van der Waals surface area (Å²) in [7, 11) is 0. The zero-order chi connectivity index (χ0) is 14.8. The molecule has 0 atom stereocenters. The molecular formula is C14H18ClN5. The van der Waals surface area contributed by atoms with Crippen LogP contribution < -0.4 is 5.84 Å². The van der Waals surface area contributed by atoms with E-state index in [1.54, 1.807) is 4.68 Å². The number of nitrogens with two attached hydrogens (primary N) is 1. The molecule has 0 spiro atoms. The van der Waals surface area contributed by atoms with Crippen molar-refractivity contribution in [1.29, 1.82) is 0 Å². The van der Waals surface area contributed by atoms with Crippen LogP contribution >= 0.6 is 11.6 Å². The monoisotopic (exact) mass is 291 g/mol. The summed E-state index contributed by atoms with van der Waals surface area (Å²) in [6.45, 7) is 6.91. The molecule has 20 heavy (non-hydrogen) atoms. The fourth-order valence-corrected chi connectivity index (χ4v) is 1.92. The highest BCUT2D eigenvalue weighted by atomic mass is 35.5. The first-order valence-corrected chi connectivity index (χ1v) is 6.71. The van der Waals surface area contributed by atoms with Crippen molar-refractivity contribution in [2.75, 3.05) is 0 Å². The van der Waals surface area contributed by atoms with Gasteiger partial charge in [-0.2, -0.15) is 5.10 Å². The third-order valence-corrected chi connectivity index (χ3v) is 3.18. The third kappa shape index (κ3) is 3.36. The Balaban J connectivity index is 2.34. The highest BCUT2D eigenvalue weighted by Gasteiger charge is 2.20. The van der Waals surface area contributed by atoms with E-state index in [0.717, 1.165) is 11.3 Å². The number of aromatic nitrogens is 2. The molecule has 0 unspecified atom stereocenters. The van der Waals surface area contributed by atoms with E-state index in [0.29, 0.717) is 17.4 Å². The number of nitrogens with zero attached hydrogens (tertiary/aromatic N) is 4. The maximum absolute atomic E-state index is 5.89. The molecule has 6 heteroatoms. The molecule has 0 aliphatic rings. The van der Waals surface area contributed by atoms with Gasteiger partial charge in [0.25, 0.3) is 0 Å². The van der Waals surface area contributed by atoms with Crippen LogP contribution in [0, 0.1) is 0 Å². The lowest BCUT2D eigenvalue weighted by Crippen LogP contribution is -2.13. The maximum Gasteiger partial charge on any atom is 0.175 e. The van der Waals surface area contributed by atoms with E-state index in [1.807, 2.05) is 30.3 Å². The minimum atomic E-state index is -0.0515. The molecule has 0 radical (unpaired) electrons. The standard InChI is InChI=1S/C14H18ClN5/c1-14(2,3)12-8-13(17-19-16)20(18-12)9-10-4-6-11(15)7-5-10/h4-8H,9H2,1-3H3,(H2,16,17). The SMILES string of the molecule is CC(C)(C)c1cc(N=NN)n(Cc2ccc(Cl)cc2)n1. The van der Waals surface area contributed by atoms with Crippen LogP contribution in [0.2, 0.25) is 5.02 Å². The number of rotatable bonds is 3. The summed E-state index contributed by atoms with van der Waals surface area (Å²) in [5.41, 5.74) is 1.99. The van der Waals surface area contributed by atoms with Crippen LogP contribution in [0.15, 0.2) is 40.7 Å². The van der Waals surface area contributed by atoms with Gasteiger partial charge >= 0.3 is 0 Å². The predicted molar refractivity (Wildman–Crippen MR) is 80.2 cm³/mol. The number of halogens is 1. The van der Waals surface area contributed by atoms with E-state index < -0.39 is 0 Å². The lowest BCUT2D eigenvalue weighted by atomic mass is 9.92. The van der Waals surface area contributed by atoms with Gasteiger partial charge in [-0.05, 0) is 17.7 Å². The van der Waals surface area contributed by atoms with Crippen molar-refractivity contribution in [1.82, 2.24) is 9.78 Å². The number of benzene rings is 1. The van der Waals surface area contributed by atoms with Gasteiger partial charge in [-0.3, -0.25) is 0 Å². The van der Waals surface area contributed by atoms with Gasteiger partial charge in [0.05, 0.1) is 12.2 Å². The molecule has 5 nitrogen and oxygen atoms in total. The van der Waals surface area contributed by atoms with E-state index >= 15 is 0 Å². The van der Waals surface area contributed by atoms with Gasteiger partial charge < -0.3 is 5.84 Å². The summed E-state index contributed by atoms with van der Waals surface area (Å²) in [5.74, 6) is 5.81. The molecule has 2 N–H and O–H groups in total. The highest BCUT2D eigenvalue weighted by Crippen LogP contribution is 2.26. The molecule has 106 valence electrons. The fraction of sp³-hybridized carbons (Fsp3) is 0.357. The van der Waals surface area contributed by atoms with Crippen molar-refractivity contribution in [2.24, 2.45) is 16.2 Å². The largest absolute Gasteiger partial charge is 0.305 e. The molecule has 0 bridgehead atoms. The summed E-state index contributed by atoms with van der Waals surface area (Å²) in [6.07, 6.45) is 0. The molecule has 0 saturated heterocycles. The van der Waals surface area contributed by atoms with E-state index in [-0.39, 0.29) is 5.41 Å². The van der Waals surface area contributed by atoms with Crippen LogP contribution in [0.3, 0.4) is 0 Å². The summed E-state index contributed by atoms with van der Waals surface area (Å²) in [5, 5.41) is 12.6. The van der Waals surface area contributed by atoms with Crippen molar-refractivity contribution >= 4 is 17.4 Å². The predicted octanol–water partition coefficient (Wildman–Crippen LogP) is 3.84. The Morgan fingerprint density at radius 1 is 1.25 bits per heavy atom. The molecule has 2 rings (SSSR count). The summed E-state index contributed by atoms with van der Waals surface area (Å²) >= 11 is 5.89. The van der Waals surface area contributed by atoms with Gasteiger partial charge in [0.1, 0.15) is 0 Å². The second-order valence-electron chi connectivity index (χ2n) is 5.64. The molecule has 0 amide bonds. The van der Waals surface area contributed by atoms with Crippen molar-refractivity contribution in [3.63, 3.8) is 0 Å². The lowest BCUT2D eigenvalue weighted by molar-refractivity contribution is 0.545. The minimum Gasteiger partial charge on any atom is -0.305 e. The molecule has 0 saturated carbocycles. The fourth-order valence-electron chi connectivity index (χ4n) is 1.79. The van der Waals surface area contributed by atoms with Crippen molar-refractivity contribution in [3.8, 4) is 0 Å². The van der Waals surface area contributed by atoms with Gasteiger partial charge in [-0.1, -0.05) is 49.7 Å². The normalized spacial score (nSPS) is 12.2. The average molecular weight is 292 g/mol. The van der Waals surface area contributed by atoms with Crippen molar-refractivity contribution < 1.29 is 0 Å². The molecule has 1 heterocycles. The summed E-state index contributed by atoms with van der Waals surface area (Å²) in [4.78, 5) is 0. The first-order chi connectivity index (χ1) is 9.40. The zero-order valence-electron chi connectivity index (χ0n) is 11.8. The van der Waals surface area contributed by atoms with Gasteiger partial charge in [-0.25, -0.2) is 4.68 Å². The highest BCUT2D eigenvalue weighted by molar-refractivity contribution is 6.30. The van der Waals surface area contributed by atoms with Crippen LogP contribution in [0.25, 0.3) is 0 Å². The Labute approximate surface area is 123 Å². The number of hydrogen-bond donors (Lipinski definition) is 1. The second kappa shape index (κ2) is 5.63. The average Bonchev–Trinajstić information content (AvgIpc) is 2.76. The van der Waals surface area contributed by atoms with E-state index in [1.165, 1.54) is 0 Å². The Morgan fingerprint density at radius 3 is 2.45 bits per heavy atom. The van der Waals surface area contributed by atoms with Crippen LogP contribution in [0.5, 0.6) is 0 Å². The van der Waals surface area contributed by atoms with Crippen LogP contribution in [0.4, 0.5) is 5.82 Å². The topological polar surface area (TPSA) is 68.6 Å². The zero-order valence-corrected chi connectivity index (χ0v) is 12.6. The van der Waals surface area contributed by atoms with E-state index in [2.05, 4.69) is 36.2 Å². The molecule has 0 fully saturated rings. The van der Waals surface area contributed by atoms with Crippen LogP contribution in [0.1, 0.15) is 32.0 Å². The smallest absolute Gasteiger partial charge is 0.175 e. The minimum absolute atomic E-state index is 0.0515. The van der Waals surface area contributed by atoms with Crippen LogP contribution in [-0.4, -0.2) is 9.78 Å². The second-order valence-corrected chi connectivity index (χ2v) is 6.07. The summed E-state index contributed by atoms with van der Waals surface area (Å²) < 4.78 is 1.79. The lowest BCUT2D eigenvalue weighted by Gasteiger charge is -2.14. The van der Waals surface area contributed by atoms with Gasteiger partial charge in [0, 0.05) is 16.5 Å². The van der Waals surface area contributed by atoms with Crippen molar-refractivity contribution in [3.05, 3.63) is 46.6 Å². The van der Waals surface area contributed by atoms with Crippen molar-refractivity contribution in [2.45, 2.75) is 32.7 Å². The Bertz CT molecular complexity index is 607. The Morgan fingerprint density at radius 2 is 1.90 bits per heavy atom. The molecular weight excluding hydrogens is 274 g/mol. The van der Waals surface area contributed by atoms with Crippen LogP contribution in [-0.2, 0) is 12.0 Å². The molecule has 2 aromatic rings. The molecule has 1 aromatic heterocycles. The number of hydrogen-bond acceptors (Lipinski definition) is 3. The molecule has 1 aromatic carbocycles. The van der Waals surface area contributed by atoms with Gasteiger partial charge in [-0.15, -0.1) is 5.11 Å². The van der Waals surface area contributed by atoms with Gasteiger partial charge in [0.2, 0.25) is 0 Å². The summed E-state index contributed by atoms with van der Waals surface area (Å²) in [6, 6.07) is 9.55. The first kappa shape index (κ1) is 14.5.